The molecule has 3 heterocycles. The molecule has 1 saturated heterocycles. The predicted molar refractivity (Wildman–Crippen MR) is 125 cm³/mol. The number of aromatic nitrogens is 2. The molecule has 156 valence electrons. The highest BCUT2D eigenvalue weighted by molar-refractivity contribution is 5.82. The number of imidazole rings is 1. The van der Waals surface area contributed by atoms with Crippen LogP contribution in [0.15, 0.2) is 36.4 Å². The number of hydrogen-bond donors (Lipinski definition) is 0. The summed E-state index contributed by atoms with van der Waals surface area (Å²) >= 11 is 0. The monoisotopic (exact) mass is 399 g/mol. The molecule has 1 aliphatic carbocycles. The second-order valence-electron chi connectivity index (χ2n) is 10.7. The van der Waals surface area contributed by atoms with Crippen molar-refractivity contribution in [2.24, 2.45) is 5.41 Å². The molecule has 3 aromatic rings. The zero-order chi connectivity index (χ0) is 20.7. The summed E-state index contributed by atoms with van der Waals surface area (Å²) in [4.78, 5) is 7.81. The normalized spacial score (nSPS) is 23.9. The van der Waals surface area contributed by atoms with E-state index in [9.17, 15) is 0 Å². The third-order valence-electron chi connectivity index (χ3n) is 8.47. The Morgan fingerprint density at radius 1 is 1.00 bits per heavy atom. The number of anilines is 1. The molecule has 0 amide bonds. The number of rotatable bonds is 1. The van der Waals surface area contributed by atoms with Crippen LogP contribution < -0.4 is 4.90 Å². The third kappa shape index (κ3) is 2.35. The van der Waals surface area contributed by atoms with Gasteiger partial charge in [0.25, 0.3) is 0 Å². The Balaban J connectivity index is 1.52. The van der Waals surface area contributed by atoms with E-state index >= 15 is 0 Å². The minimum atomic E-state index is 0.184. The Bertz CT molecular complexity index is 1150. The predicted octanol–water partition coefficient (Wildman–Crippen LogP) is 6.57. The van der Waals surface area contributed by atoms with Gasteiger partial charge in [-0.15, -0.1) is 0 Å². The molecule has 3 nitrogen and oxygen atoms in total. The summed E-state index contributed by atoms with van der Waals surface area (Å²) in [6.07, 6.45) is 9.28. The van der Waals surface area contributed by atoms with Crippen molar-refractivity contribution in [2.75, 3.05) is 4.90 Å². The fourth-order valence-corrected chi connectivity index (χ4v) is 7.32. The fourth-order valence-electron chi connectivity index (χ4n) is 7.32. The lowest BCUT2D eigenvalue weighted by atomic mass is 9.68. The summed E-state index contributed by atoms with van der Waals surface area (Å²) in [7, 11) is 0. The summed E-state index contributed by atoms with van der Waals surface area (Å²) in [5.41, 5.74) is 8.73. The summed E-state index contributed by atoms with van der Waals surface area (Å²) < 4.78 is 2.40. The second-order valence-corrected chi connectivity index (χ2v) is 10.7. The molecule has 0 N–H and O–H groups in total. The van der Waals surface area contributed by atoms with Gasteiger partial charge in [0.1, 0.15) is 5.82 Å². The molecule has 1 spiro atoms. The van der Waals surface area contributed by atoms with Gasteiger partial charge in [0.2, 0.25) is 0 Å². The van der Waals surface area contributed by atoms with E-state index in [2.05, 4.69) is 73.6 Å². The lowest BCUT2D eigenvalue weighted by molar-refractivity contribution is 0.170. The van der Waals surface area contributed by atoms with Crippen molar-refractivity contribution >= 4 is 16.7 Å². The van der Waals surface area contributed by atoms with Gasteiger partial charge in [0.15, 0.2) is 0 Å². The fraction of sp³-hybridized carbons (Fsp3) is 0.519. The Hall–Kier alpha value is -2.29. The topological polar surface area (TPSA) is 21.1 Å². The van der Waals surface area contributed by atoms with Gasteiger partial charge in [-0.25, -0.2) is 4.98 Å². The summed E-state index contributed by atoms with van der Waals surface area (Å²) in [5, 5.41) is 0. The number of nitrogens with zero attached hydrogens (tertiary/aromatic N) is 3. The van der Waals surface area contributed by atoms with Crippen molar-refractivity contribution in [1.82, 2.24) is 9.55 Å². The maximum Gasteiger partial charge on any atom is 0.119 e. The Morgan fingerprint density at radius 3 is 2.57 bits per heavy atom. The van der Waals surface area contributed by atoms with E-state index in [1.807, 2.05) is 0 Å². The van der Waals surface area contributed by atoms with Gasteiger partial charge in [0.05, 0.1) is 16.7 Å². The molecule has 0 radical (unpaired) electrons. The highest BCUT2D eigenvalue weighted by atomic mass is 15.3. The van der Waals surface area contributed by atoms with Crippen LogP contribution in [0.2, 0.25) is 0 Å². The molecule has 1 aromatic heterocycles. The molecule has 1 saturated carbocycles. The van der Waals surface area contributed by atoms with Gasteiger partial charge in [-0.05, 0) is 76.1 Å². The van der Waals surface area contributed by atoms with Gasteiger partial charge >= 0.3 is 0 Å². The molecule has 1 atom stereocenters. The zero-order valence-electron chi connectivity index (χ0n) is 18.8. The maximum atomic E-state index is 4.99. The van der Waals surface area contributed by atoms with Crippen molar-refractivity contribution in [2.45, 2.75) is 84.2 Å². The quantitative estimate of drug-likeness (QED) is 0.361. The molecule has 30 heavy (non-hydrogen) atoms. The van der Waals surface area contributed by atoms with Crippen molar-refractivity contribution in [3.05, 3.63) is 53.3 Å². The van der Waals surface area contributed by atoms with Crippen LogP contribution in [0.5, 0.6) is 0 Å². The van der Waals surface area contributed by atoms with E-state index in [1.165, 1.54) is 72.4 Å². The summed E-state index contributed by atoms with van der Waals surface area (Å²) in [6.45, 7) is 9.79. The molecular formula is C27H33N3. The van der Waals surface area contributed by atoms with E-state index in [0.717, 1.165) is 11.9 Å². The Morgan fingerprint density at radius 2 is 1.77 bits per heavy atom. The molecule has 1 unspecified atom stereocenters. The Kier molecular flexibility index (Phi) is 3.77. The molecule has 2 fully saturated rings. The van der Waals surface area contributed by atoms with Crippen molar-refractivity contribution in [1.29, 1.82) is 0 Å². The van der Waals surface area contributed by atoms with Crippen LogP contribution in [-0.2, 0) is 6.42 Å². The highest BCUT2D eigenvalue weighted by Gasteiger charge is 2.54. The zero-order valence-corrected chi connectivity index (χ0v) is 18.8. The van der Waals surface area contributed by atoms with Crippen LogP contribution in [0.1, 0.15) is 76.2 Å². The van der Waals surface area contributed by atoms with E-state index in [-0.39, 0.29) is 5.54 Å². The number of aryl methyl sites for hydroxylation is 1. The van der Waals surface area contributed by atoms with Crippen molar-refractivity contribution in [3.63, 3.8) is 0 Å². The first-order chi connectivity index (χ1) is 14.4. The average molecular weight is 400 g/mol. The number of fused-ring (bicyclic) bond motifs is 5. The van der Waals surface area contributed by atoms with Crippen LogP contribution in [0, 0.1) is 12.3 Å². The summed E-state index contributed by atoms with van der Waals surface area (Å²) in [6, 6.07) is 13.8. The molecule has 3 heteroatoms. The van der Waals surface area contributed by atoms with E-state index in [0.29, 0.717) is 11.5 Å². The molecule has 2 aromatic carbocycles. The average Bonchev–Trinajstić information content (AvgIpc) is 3.31. The minimum Gasteiger partial charge on any atom is -0.363 e. The largest absolute Gasteiger partial charge is 0.363 e. The van der Waals surface area contributed by atoms with Crippen LogP contribution in [0.3, 0.4) is 0 Å². The van der Waals surface area contributed by atoms with Gasteiger partial charge in [-0.1, -0.05) is 37.5 Å². The highest BCUT2D eigenvalue weighted by Crippen LogP contribution is 2.57. The first-order valence-electron chi connectivity index (χ1n) is 11.8. The SMILES string of the molecule is Cc1ccc2c(c1N1C(C)C3(CCCCC3)CC1(C)C)Cc1nc3ccccc3n1-2. The van der Waals surface area contributed by atoms with E-state index < -0.39 is 0 Å². The molecule has 0 bridgehead atoms. The lowest BCUT2D eigenvalue weighted by Gasteiger charge is -2.42. The molecule has 2 aliphatic heterocycles. The van der Waals surface area contributed by atoms with Gasteiger partial charge in [0, 0.05) is 29.3 Å². The first kappa shape index (κ1) is 18.5. The van der Waals surface area contributed by atoms with E-state index in [4.69, 9.17) is 4.98 Å². The standard InChI is InChI=1S/C27H33N3/c1-18-12-13-22-20(16-24-28-21-10-6-7-11-23(21)29(22)24)25(18)30-19(2)27(17-26(30,3)4)14-8-5-9-15-27/h6-7,10-13,19H,5,8-9,14-17H2,1-4H3. The van der Waals surface area contributed by atoms with Crippen LogP contribution in [-0.4, -0.2) is 21.1 Å². The van der Waals surface area contributed by atoms with Crippen LogP contribution in [0.4, 0.5) is 5.69 Å². The maximum absolute atomic E-state index is 4.99. The Labute approximate surface area is 180 Å². The van der Waals surface area contributed by atoms with E-state index in [1.54, 1.807) is 0 Å². The smallest absolute Gasteiger partial charge is 0.119 e. The number of para-hydroxylation sites is 2. The third-order valence-corrected chi connectivity index (χ3v) is 8.47. The van der Waals surface area contributed by atoms with Gasteiger partial charge in [-0.3, -0.25) is 4.57 Å². The second kappa shape index (κ2) is 6.12. The summed E-state index contributed by atoms with van der Waals surface area (Å²) in [5.74, 6) is 1.19. The number of hydrogen-bond acceptors (Lipinski definition) is 2. The van der Waals surface area contributed by atoms with Crippen LogP contribution >= 0.6 is 0 Å². The molecule has 6 rings (SSSR count). The molecule has 3 aliphatic rings. The minimum absolute atomic E-state index is 0.184. The van der Waals surface area contributed by atoms with Gasteiger partial charge < -0.3 is 4.90 Å². The number of benzene rings is 2. The first-order valence-corrected chi connectivity index (χ1v) is 11.8. The van der Waals surface area contributed by atoms with Gasteiger partial charge in [-0.2, -0.15) is 0 Å². The van der Waals surface area contributed by atoms with Crippen LogP contribution in [0.25, 0.3) is 16.7 Å². The van der Waals surface area contributed by atoms with Crippen molar-refractivity contribution < 1.29 is 0 Å². The lowest BCUT2D eigenvalue weighted by Crippen LogP contribution is -2.45. The molecular weight excluding hydrogens is 366 g/mol. The van der Waals surface area contributed by atoms with Crippen molar-refractivity contribution in [3.8, 4) is 5.69 Å².